The van der Waals surface area contributed by atoms with Gasteiger partial charge in [0.05, 0.1) is 18.0 Å². The fraction of sp³-hybridized carbons (Fsp3) is 0.348. The Morgan fingerprint density at radius 2 is 1.87 bits per heavy atom. The molecule has 0 aliphatic carbocycles. The number of aromatic nitrogens is 3. The van der Waals surface area contributed by atoms with Crippen molar-refractivity contribution in [3.8, 4) is 11.6 Å². The highest BCUT2D eigenvalue weighted by molar-refractivity contribution is 5.76. The maximum atomic E-state index is 12.2. The molecule has 0 fully saturated rings. The van der Waals surface area contributed by atoms with Gasteiger partial charge in [0.15, 0.2) is 0 Å². The van der Waals surface area contributed by atoms with E-state index in [2.05, 4.69) is 21.5 Å². The standard InChI is InChI=1S/C23H28N4O3/c1-17-14-18(2)27(26-17)21-7-4-19(5-8-21)6-9-22(28)25-16-20-10-11-24-23(15-20)30-13-12-29-3/h4-5,7-8,10-11,14-15H,6,9,12-13,16H2,1-3H3,(H,25,28). The summed E-state index contributed by atoms with van der Waals surface area (Å²) in [5.41, 5.74) is 5.18. The Balaban J connectivity index is 1.46. The van der Waals surface area contributed by atoms with Gasteiger partial charge in [-0.15, -0.1) is 0 Å². The molecule has 0 bridgehead atoms. The van der Waals surface area contributed by atoms with Crippen molar-refractivity contribution in [2.75, 3.05) is 20.3 Å². The van der Waals surface area contributed by atoms with Crippen molar-refractivity contribution in [1.82, 2.24) is 20.1 Å². The molecule has 7 nitrogen and oxygen atoms in total. The zero-order valence-electron chi connectivity index (χ0n) is 17.7. The van der Waals surface area contributed by atoms with Crippen molar-refractivity contribution in [2.45, 2.75) is 33.2 Å². The van der Waals surface area contributed by atoms with Crippen LogP contribution in [0.3, 0.4) is 0 Å². The summed E-state index contributed by atoms with van der Waals surface area (Å²) in [4.78, 5) is 16.4. The van der Waals surface area contributed by atoms with Crippen molar-refractivity contribution in [1.29, 1.82) is 0 Å². The highest BCUT2D eigenvalue weighted by atomic mass is 16.5. The molecule has 30 heavy (non-hydrogen) atoms. The minimum Gasteiger partial charge on any atom is -0.475 e. The number of nitrogens with zero attached hydrogens (tertiary/aromatic N) is 3. The van der Waals surface area contributed by atoms with Gasteiger partial charge in [-0.1, -0.05) is 12.1 Å². The molecule has 7 heteroatoms. The first-order valence-electron chi connectivity index (χ1n) is 10.0. The van der Waals surface area contributed by atoms with Crippen LogP contribution in [0, 0.1) is 13.8 Å². The Hall–Kier alpha value is -3.19. The maximum absolute atomic E-state index is 12.2. The summed E-state index contributed by atoms with van der Waals surface area (Å²) in [7, 11) is 1.62. The minimum absolute atomic E-state index is 0.0104. The van der Waals surface area contributed by atoms with Crippen LogP contribution in [0.2, 0.25) is 0 Å². The molecule has 3 rings (SSSR count). The van der Waals surface area contributed by atoms with Gasteiger partial charge in [0.25, 0.3) is 0 Å². The molecule has 0 saturated heterocycles. The Morgan fingerprint density at radius 1 is 1.07 bits per heavy atom. The zero-order valence-corrected chi connectivity index (χ0v) is 17.7. The van der Waals surface area contributed by atoms with Crippen LogP contribution in [0.15, 0.2) is 48.7 Å². The summed E-state index contributed by atoms with van der Waals surface area (Å²) < 4.78 is 12.4. The fourth-order valence-corrected chi connectivity index (χ4v) is 3.11. The summed E-state index contributed by atoms with van der Waals surface area (Å²) >= 11 is 0. The van der Waals surface area contributed by atoms with Gasteiger partial charge in [-0.2, -0.15) is 5.10 Å². The second-order valence-corrected chi connectivity index (χ2v) is 7.13. The lowest BCUT2D eigenvalue weighted by atomic mass is 10.1. The molecule has 1 amide bonds. The van der Waals surface area contributed by atoms with Crippen molar-refractivity contribution >= 4 is 5.91 Å². The number of carbonyl (C=O) groups excluding carboxylic acids is 1. The third-order valence-electron chi connectivity index (χ3n) is 4.66. The quantitative estimate of drug-likeness (QED) is 0.522. The Kier molecular flexibility index (Phi) is 7.57. The second-order valence-electron chi connectivity index (χ2n) is 7.13. The molecule has 1 N–H and O–H groups in total. The molecular formula is C23H28N4O3. The molecule has 0 aliphatic heterocycles. The smallest absolute Gasteiger partial charge is 0.220 e. The molecule has 1 aromatic carbocycles. The Labute approximate surface area is 177 Å². The first-order chi connectivity index (χ1) is 14.5. The van der Waals surface area contributed by atoms with Crippen LogP contribution >= 0.6 is 0 Å². The van der Waals surface area contributed by atoms with Crippen molar-refractivity contribution in [3.05, 3.63) is 71.2 Å². The van der Waals surface area contributed by atoms with Crippen LogP contribution in [0.25, 0.3) is 5.69 Å². The highest BCUT2D eigenvalue weighted by Crippen LogP contribution is 2.14. The SMILES string of the molecule is COCCOc1cc(CNC(=O)CCc2ccc(-n3nc(C)cc3C)cc2)ccn1. The van der Waals surface area contributed by atoms with E-state index >= 15 is 0 Å². The lowest BCUT2D eigenvalue weighted by molar-refractivity contribution is -0.121. The molecule has 0 saturated carbocycles. The Bertz CT molecular complexity index is 967. The topological polar surface area (TPSA) is 78.3 Å². The van der Waals surface area contributed by atoms with Gasteiger partial charge in [0.1, 0.15) is 6.61 Å². The molecule has 0 spiro atoms. The molecule has 2 heterocycles. The number of nitrogens with one attached hydrogen (secondary N) is 1. The van der Waals surface area contributed by atoms with Gasteiger partial charge >= 0.3 is 0 Å². The van der Waals surface area contributed by atoms with E-state index in [1.165, 1.54) is 0 Å². The molecule has 2 aromatic heterocycles. The summed E-state index contributed by atoms with van der Waals surface area (Å²) in [5, 5.41) is 7.45. The van der Waals surface area contributed by atoms with E-state index in [1.54, 1.807) is 13.3 Å². The minimum atomic E-state index is 0.0104. The number of rotatable bonds is 10. The van der Waals surface area contributed by atoms with Crippen LogP contribution in [0.4, 0.5) is 0 Å². The monoisotopic (exact) mass is 408 g/mol. The predicted molar refractivity (Wildman–Crippen MR) is 115 cm³/mol. The number of pyridine rings is 1. The molecule has 0 atom stereocenters. The summed E-state index contributed by atoms with van der Waals surface area (Å²) in [6.07, 6.45) is 2.79. The van der Waals surface area contributed by atoms with E-state index in [0.717, 1.165) is 28.2 Å². The average Bonchev–Trinajstić information content (AvgIpc) is 3.09. The van der Waals surface area contributed by atoms with E-state index in [4.69, 9.17) is 9.47 Å². The number of hydrogen-bond donors (Lipinski definition) is 1. The highest BCUT2D eigenvalue weighted by Gasteiger charge is 2.06. The Morgan fingerprint density at radius 3 is 2.57 bits per heavy atom. The molecule has 0 unspecified atom stereocenters. The first kappa shape index (κ1) is 21.5. The molecule has 158 valence electrons. The van der Waals surface area contributed by atoms with Crippen LogP contribution in [-0.2, 0) is 22.5 Å². The summed E-state index contributed by atoms with van der Waals surface area (Å²) in [6, 6.07) is 13.9. The van der Waals surface area contributed by atoms with Crippen molar-refractivity contribution in [3.63, 3.8) is 0 Å². The van der Waals surface area contributed by atoms with Crippen LogP contribution in [-0.4, -0.2) is 41.0 Å². The summed E-state index contributed by atoms with van der Waals surface area (Å²) in [5.74, 6) is 0.540. The largest absolute Gasteiger partial charge is 0.475 e. The summed E-state index contributed by atoms with van der Waals surface area (Å²) in [6.45, 7) is 5.41. The maximum Gasteiger partial charge on any atom is 0.220 e. The first-order valence-corrected chi connectivity index (χ1v) is 10.0. The zero-order chi connectivity index (χ0) is 21.3. The van der Waals surface area contributed by atoms with Gasteiger partial charge in [0, 0.05) is 38.0 Å². The number of ether oxygens (including phenoxy) is 2. The van der Waals surface area contributed by atoms with E-state index in [0.29, 0.717) is 38.5 Å². The fourth-order valence-electron chi connectivity index (χ4n) is 3.11. The van der Waals surface area contributed by atoms with E-state index in [1.807, 2.05) is 54.9 Å². The molecular weight excluding hydrogens is 380 g/mol. The second kappa shape index (κ2) is 10.5. The number of aryl methyl sites for hydroxylation is 3. The van der Waals surface area contributed by atoms with E-state index in [-0.39, 0.29) is 5.91 Å². The number of hydrogen-bond acceptors (Lipinski definition) is 5. The lowest BCUT2D eigenvalue weighted by Crippen LogP contribution is -2.23. The number of amides is 1. The van der Waals surface area contributed by atoms with Crippen LogP contribution in [0.5, 0.6) is 5.88 Å². The van der Waals surface area contributed by atoms with Gasteiger partial charge in [-0.05, 0) is 55.7 Å². The lowest BCUT2D eigenvalue weighted by Gasteiger charge is -2.09. The number of methoxy groups -OCH3 is 1. The van der Waals surface area contributed by atoms with Crippen LogP contribution in [0.1, 0.15) is 28.9 Å². The normalized spacial score (nSPS) is 10.8. The van der Waals surface area contributed by atoms with Gasteiger partial charge < -0.3 is 14.8 Å². The van der Waals surface area contributed by atoms with E-state index in [9.17, 15) is 4.79 Å². The van der Waals surface area contributed by atoms with Gasteiger partial charge in [-0.25, -0.2) is 9.67 Å². The number of benzene rings is 1. The van der Waals surface area contributed by atoms with Crippen molar-refractivity contribution in [2.24, 2.45) is 0 Å². The average molecular weight is 409 g/mol. The third-order valence-corrected chi connectivity index (χ3v) is 4.66. The van der Waals surface area contributed by atoms with Gasteiger partial charge in [-0.3, -0.25) is 4.79 Å². The number of carbonyl (C=O) groups is 1. The van der Waals surface area contributed by atoms with Crippen LogP contribution < -0.4 is 10.1 Å². The van der Waals surface area contributed by atoms with Crippen molar-refractivity contribution < 1.29 is 14.3 Å². The third kappa shape index (κ3) is 6.15. The molecule has 3 aromatic rings. The molecule has 0 aliphatic rings. The van der Waals surface area contributed by atoms with Gasteiger partial charge in [0.2, 0.25) is 11.8 Å². The van der Waals surface area contributed by atoms with E-state index < -0.39 is 0 Å². The predicted octanol–water partition coefficient (Wildman–Crippen LogP) is 3.16. The molecule has 0 radical (unpaired) electrons.